The molecule has 1 fully saturated rings. The summed E-state index contributed by atoms with van der Waals surface area (Å²) in [7, 11) is 0. The number of halogens is 2. The molecule has 0 bridgehead atoms. The minimum Gasteiger partial charge on any atom is -0.396 e. The van der Waals surface area contributed by atoms with Crippen LogP contribution in [0.1, 0.15) is 25.7 Å². The second kappa shape index (κ2) is 6.65. The topological polar surface area (TPSA) is 52.6 Å². The van der Waals surface area contributed by atoms with Crippen molar-refractivity contribution in [2.75, 3.05) is 18.5 Å². The highest BCUT2D eigenvalue weighted by molar-refractivity contribution is 5.89. The zero-order chi connectivity index (χ0) is 14.5. The fourth-order valence-electron chi connectivity index (χ4n) is 2.51. The summed E-state index contributed by atoms with van der Waals surface area (Å²) in [6.45, 7) is 0.712. The Hall–Kier alpha value is -1.69. The number of nitrogens with one attached hydrogen (secondary N) is 1. The number of anilines is 1. The largest absolute Gasteiger partial charge is 0.396 e. The van der Waals surface area contributed by atoms with Crippen LogP contribution in [-0.2, 0) is 0 Å². The molecule has 1 aromatic carbocycles. The fourth-order valence-corrected chi connectivity index (χ4v) is 2.51. The molecule has 2 N–H and O–H groups in total. The Bertz CT molecular complexity index is 482. The van der Waals surface area contributed by atoms with Crippen molar-refractivity contribution in [1.29, 1.82) is 0 Å². The van der Waals surface area contributed by atoms with E-state index in [-0.39, 0.29) is 24.4 Å². The van der Waals surface area contributed by atoms with E-state index in [9.17, 15) is 13.6 Å². The number of aliphatic hydroxyl groups excluding tert-OH is 1. The maximum atomic E-state index is 13.5. The molecule has 1 aliphatic heterocycles. The van der Waals surface area contributed by atoms with Crippen LogP contribution in [0.5, 0.6) is 0 Å². The highest BCUT2D eigenvalue weighted by Crippen LogP contribution is 2.23. The maximum Gasteiger partial charge on any atom is 0.322 e. The molecule has 1 aromatic rings. The predicted octanol–water partition coefficient (Wildman–Crippen LogP) is 2.73. The van der Waals surface area contributed by atoms with Crippen LogP contribution in [0.15, 0.2) is 18.2 Å². The van der Waals surface area contributed by atoms with Gasteiger partial charge in [-0.15, -0.1) is 0 Å². The van der Waals surface area contributed by atoms with Gasteiger partial charge in [0.25, 0.3) is 0 Å². The van der Waals surface area contributed by atoms with E-state index in [1.165, 1.54) is 6.07 Å². The molecule has 0 aliphatic carbocycles. The first kappa shape index (κ1) is 14.7. The summed E-state index contributed by atoms with van der Waals surface area (Å²) >= 11 is 0. The maximum absolute atomic E-state index is 13.5. The quantitative estimate of drug-likeness (QED) is 0.893. The summed E-state index contributed by atoms with van der Waals surface area (Å²) in [5.41, 5.74) is -0.0239. The molecule has 1 atom stereocenters. The number of amides is 2. The second-order valence-electron chi connectivity index (χ2n) is 4.91. The zero-order valence-electron chi connectivity index (χ0n) is 11.1. The van der Waals surface area contributed by atoms with Gasteiger partial charge in [0.2, 0.25) is 0 Å². The van der Waals surface area contributed by atoms with Gasteiger partial charge >= 0.3 is 6.03 Å². The first-order valence-electron chi connectivity index (χ1n) is 6.75. The molecule has 1 saturated heterocycles. The van der Waals surface area contributed by atoms with Crippen LogP contribution in [0.3, 0.4) is 0 Å². The minimum absolute atomic E-state index is 0.0239. The number of likely N-dealkylation sites (tertiary alicyclic amines) is 1. The number of benzene rings is 1. The number of carbonyl (C=O) groups is 1. The molecule has 110 valence electrons. The van der Waals surface area contributed by atoms with E-state index in [4.69, 9.17) is 5.11 Å². The smallest absolute Gasteiger partial charge is 0.322 e. The molecule has 4 nitrogen and oxygen atoms in total. The molecule has 1 aliphatic rings. The number of rotatable bonds is 4. The standard InChI is InChI=1S/C14H18F2N2O2/c15-10-5-6-13(12(16)9-10)17-14(20)18-7-1-3-11(18)4-2-8-19/h5-6,9,11,19H,1-4,7-8H2,(H,17,20). The highest BCUT2D eigenvalue weighted by atomic mass is 19.1. The van der Waals surface area contributed by atoms with E-state index in [1.807, 2.05) is 0 Å². The molecule has 6 heteroatoms. The zero-order valence-corrected chi connectivity index (χ0v) is 11.1. The number of carbonyl (C=O) groups excluding carboxylic acids is 1. The van der Waals surface area contributed by atoms with Crippen LogP contribution < -0.4 is 5.32 Å². The first-order valence-corrected chi connectivity index (χ1v) is 6.75. The summed E-state index contributed by atoms with van der Waals surface area (Å²) < 4.78 is 26.3. The predicted molar refractivity (Wildman–Crippen MR) is 71.4 cm³/mol. The van der Waals surface area contributed by atoms with Crippen LogP contribution >= 0.6 is 0 Å². The van der Waals surface area contributed by atoms with Gasteiger partial charge < -0.3 is 15.3 Å². The van der Waals surface area contributed by atoms with Gasteiger partial charge in [0.15, 0.2) is 0 Å². The molecule has 1 unspecified atom stereocenters. The Morgan fingerprint density at radius 1 is 1.45 bits per heavy atom. The third-order valence-electron chi connectivity index (χ3n) is 3.51. The van der Waals surface area contributed by atoms with Gasteiger partial charge in [0.1, 0.15) is 11.6 Å². The molecule has 20 heavy (non-hydrogen) atoms. The van der Waals surface area contributed by atoms with Gasteiger partial charge in [-0.05, 0) is 37.8 Å². The van der Waals surface area contributed by atoms with Crippen LogP contribution in [-0.4, -0.2) is 35.2 Å². The van der Waals surface area contributed by atoms with E-state index in [1.54, 1.807) is 4.90 Å². The summed E-state index contributed by atoms with van der Waals surface area (Å²) in [6.07, 6.45) is 3.16. The van der Waals surface area contributed by atoms with E-state index >= 15 is 0 Å². The van der Waals surface area contributed by atoms with Crippen molar-refractivity contribution in [1.82, 2.24) is 4.90 Å². The molecule has 0 spiro atoms. The van der Waals surface area contributed by atoms with E-state index in [0.717, 1.165) is 31.4 Å². The Morgan fingerprint density at radius 2 is 2.25 bits per heavy atom. The van der Waals surface area contributed by atoms with Crippen LogP contribution in [0, 0.1) is 11.6 Å². The lowest BCUT2D eigenvalue weighted by molar-refractivity contribution is 0.197. The third-order valence-corrected chi connectivity index (χ3v) is 3.51. The van der Waals surface area contributed by atoms with Crippen molar-refractivity contribution in [3.63, 3.8) is 0 Å². The lowest BCUT2D eigenvalue weighted by Crippen LogP contribution is -2.39. The van der Waals surface area contributed by atoms with Crippen LogP contribution in [0.4, 0.5) is 19.3 Å². The molecular formula is C14H18F2N2O2. The van der Waals surface area contributed by atoms with Crippen LogP contribution in [0.25, 0.3) is 0 Å². The summed E-state index contributed by atoms with van der Waals surface area (Å²) in [6, 6.07) is 2.75. The average Bonchev–Trinajstić information content (AvgIpc) is 2.88. The number of aliphatic hydroxyl groups is 1. The van der Waals surface area contributed by atoms with Crippen molar-refractivity contribution >= 4 is 11.7 Å². The first-order chi connectivity index (χ1) is 9.61. The number of urea groups is 1. The summed E-state index contributed by atoms with van der Waals surface area (Å²) in [4.78, 5) is 13.8. The number of nitrogens with zero attached hydrogens (tertiary/aromatic N) is 1. The van der Waals surface area contributed by atoms with Gasteiger partial charge in [0.05, 0.1) is 5.69 Å². The average molecular weight is 284 g/mol. The van der Waals surface area contributed by atoms with Crippen molar-refractivity contribution in [3.8, 4) is 0 Å². The lowest BCUT2D eigenvalue weighted by Gasteiger charge is -2.25. The molecule has 1 heterocycles. The minimum atomic E-state index is -0.788. The van der Waals surface area contributed by atoms with Crippen molar-refractivity contribution < 1.29 is 18.7 Å². The summed E-state index contributed by atoms with van der Waals surface area (Å²) in [5.74, 6) is -1.47. The Balaban J connectivity index is 2.00. The third kappa shape index (κ3) is 3.45. The molecule has 2 amide bonds. The van der Waals surface area contributed by atoms with Crippen molar-refractivity contribution in [2.45, 2.75) is 31.7 Å². The van der Waals surface area contributed by atoms with Gasteiger partial charge in [-0.2, -0.15) is 0 Å². The molecule has 0 aromatic heterocycles. The second-order valence-corrected chi connectivity index (χ2v) is 4.91. The van der Waals surface area contributed by atoms with Gasteiger partial charge in [-0.25, -0.2) is 13.6 Å². The lowest BCUT2D eigenvalue weighted by atomic mass is 10.1. The van der Waals surface area contributed by atoms with E-state index < -0.39 is 11.6 Å². The van der Waals surface area contributed by atoms with Crippen molar-refractivity contribution in [3.05, 3.63) is 29.8 Å². The Morgan fingerprint density at radius 3 is 2.95 bits per heavy atom. The Labute approximate surface area is 116 Å². The normalized spacial score (nSPS) is 18.4. The highest BCUT2D eigenvalue weighted by Gasteiger charge is 2.28. The van der Waals surface area contributed by atoms with Gasteiger partial charge in [0, 0.05) is 25.3 Å². The van der Waals surface area contributed by atoms with Gasteiger partial charge in [-0.1, -0.05) is 0 Å². The SMILES string of the molecule is O=C(Nc1ccc(F)cc1F)N1CCCC1CCCO. The number of hydrogen-bond acceptors (Lipinski definition) is 2. The summed E-state index contributed by atoms with van der Waals surface area (Å²) in [5, 5.41) is 11.3. The molecule has 0 saturated carbocycles. The monoisotopic (exact) mass is 284 g/mol. The molecule has 0 radical (unpaired) electrons. The Kier molecular flexibility index (Phi) is 4.89. The van der Waals surface area contributed by atoms with Crippen LogP contribution in [0.2, 0.25) is 0 Å². The number of hydrogen-bond donors (Lipinski definition) is 2. The van der Waals surface area contributed by atoms with E-state index in [0.29, 0.717) is 13.0 Å². The van der Waals surface area contributed by atoms with E-state index in [2.05, 4.69) is 5.32 Å². The van der Waals surface area contributed by atoms with Gasteiger partial charge in [-0.3, -0.25) is 0 Å². The fraction of sp³-hybridized carbons (Fsp3) is 0.500. The molecular weight excluding hydrogens is 266 g/mol. The molecule has 2 rings (SSSR count). The van der Waals surface area contributed by atoms with Crippen molar-refractivity contribution in [2.24, 2.45) is 0 Å².